The van der Waals surface area contributed by atoms with E-state index in [1.807, 2.05) is 0 Å². The second-order valence-electron chi connectivity index (χ2n) is 6.11. The molecular weight excluding hydrogens is 220 g/mol. The molecule has 98 valence electrons. The third kappa shape index (κ3) is 2.45. The van der Waals surface area contributed by atoms with Gasteiger partial charge in [0.1, 0.15) is 0 Å². The number of benzene rings is 1. The molecule has 1 heterocycles. The smallest absolute Gasteiger partial charge is 0.0450 e. The summed E-state index contributed by atoms with van der Waals surface area (Å²) in [5, 5.41) is 3.74. The molecule has 1 aromatic rings. The monoisotopic (exact) mass is 244 g/mol. The van der Waals surface area contributed by atoms with E-state index in [4.69, 9.17) is 0 Å². The summed E-state index contributed by atoms with van der Waals surface area (Å²) in [5.74, 6) is 0.745. The lowest BCUT2D eigenvalue weighted by Gasteiger charge is -2.43. The first-order valence-corrected chi connectivity index (χ1v) is 7.30. The van der Waals surface area contributed by atoms with Crippen LogP contribution in [0.5, 0.6) is 0 Å². The van der Waals surface area contributed by atoms with Crippen molar-refractivity contribution >= 4 is 0 Å². The first kappa shape index (κ1) is 12.2. The molecule has 1 N–H and O–H groups in total. The highest BCUT2D eigenvalue weighted by Crippen LogP contribution is 2.34. The van der Waals surface area contributed by atoms with Crippen molar-refractivity contribution in [3.05, 3.63) is 35.9 Å². The summed E-state index contributed by atoms with van der Waals surface area (Å²) >= 11 is 0. The Balaban J connectivity index is 1.74. The molecule has 0 radical (unpaired) electrons. The number of hydrogen-bond donors (Lipinski definition) is 1. The Morgan fingerprint density at radius 1 is 1.17 bits per heavy atom. The van der Waals surface area contributed by atoms with Gasteiger partial charge in [-0.15, -0.1) is 0 Å². The number of hydrogen-bond acceptors (Lipinski definition) is 2. The molecule has 2 atom stereocenters. The molecule has 1 saturated carbocycles. The fourth-order valence-corrected chi connectivity index (χ4v) is 3.14. The van der Waals surface area contributed by atoms with Crippen LogP contribution in [0, 0.1) is 5.92 Å². The summed E-state index contributed by atoms with van der Waals surface area (Å²) in [5.41, 5.74) is 1.44. The molecular formula is C16H24N2. The summed E-state index contributed by atoms with van der Waals surface area (Å²) in [6.07, 6.45) is 2.81. The van der Waals surface area contributed by atoms with Gasteiger partial charge in [0.2, 0.25) is 0 Å². The highest BCUT2D eigenvalue weighted by atomic mass is 15.3. The normalized spacial score (nSPS) is 29.7. The van der Waals surface area contributed by atoms with Crippen LogP contribution in [0.25, 0.3) is 0 Å². The number of rotatable bonds is 3. The molecule has 2 unspecified atom stereocenters. The van der Waals surface area contributed by atoms with Crippen molar-refractivity contribution in [3.63, 3.8) is 0 Å². The van der Waals surface area contributed by atoms with Crippen molar-refractivity contribution < 1.29 is 0 Å². The summed E-state index contributed by atoms with van der Waals surface area (Å²) in [6, 6.07) is 13.0. The van der Waals surface area contributed by atoms with Gasteiger partial charge in [-0.2, -0.15) is 0 Å². The minimum absolute atomic E-state index is 0.516. The zero-order chi connectivity index (χ0) is 12.5. The average molecular weight is 244 g/mol. The van der Waals surface area contributed by atoms with Crippen LogP contribution < -0.4 is 5.32 Å². The van der Waals surface area contributed by atoms with Crippen molar-refractivity contribution in [1.29, 1.82) is 0 Å². The molecule has 1 saturated heterocycles. The number of piperazine rings is 1. The third-order valence-corrected chi connectivity index (χ3v) is 4.38. The average Bonchev–Trinajstić information content (AvgIpc) is 3.23. The minimum atomic E-state index is 0.516. The van der Waals surface area contributed by atoms with Gasteiger partial charge in [0, 0.05) is 31.2 Å². The fourth-order valence-electron chi connectivity index (χ4n) is 3.14. The van der Waals surface area contributed by atoms with Crippen molar-refractivity contribution in [2.45, 2.75) is 44.8 Å². The van der Waals surface area contributed by atoms with Gasteiger partial charge < -0.3 is 5.32 Å². The van der Waals surface area contributed by atoms with E-state index in [0.29, 0.717) is 6.04 Å². The number of nitrogens with one attached hydrogen (secondary N) is 1. The maximum absolute atomic E-state index is 3.74. The van der Waals surface area contributed by atoms with Crippen LogP contribution in [0.2, 0.25) is 0 Å². The zero-order valence-corrected chi connectivity index (χ0v) is 11.5. The van der Waals surface area contributed by atoms with Crippen LogP contribution >= 0.6 is 0 Å². The predicted molar refractivity (Wildman–Crippen MR) is 75.5 cm³/mol. The Kier molecular flexibility index (Phi) is 3.40. The molecule has 0 aromatic heterocycles. The van der Waals surface area contributed by atoms with Gasteiger partial charge in [-0.3, -0.25) is 4.90 Å². The Morgan fingerprint density at radius 3 is 2.50 bits per heavy atom. The molecule has 1 aliphatic heterocycles. The van der Waals surface area contributed by atoms with E-state index in [1.54, 1.807) is 0 Å². The molecule has 1 aliphatic carbocycles. The van der Waals surface area contributed by atoms with Gasteiger partial charge in [0.05, 0.1) is 0 Å². The number of nitrogens with zero attached hydrogens (tertiary/aromatic N) is 1. The standard InChI is InChI=1S/C16H24N2/c1-12(2)16-10-17-15(11-18(16)14-8-9-14)13-6-4-3-5-7-13/h3-7,12,14-17H,8-11H2,1-2H3. The Morgan fingerprint density at radius 2 is 1.89 bits per heavy atom. The highest BCUT2D eigenvalue weighted by molar-refractivity contribution is 5.20. The van der Waals surface area contributed by atoms with Crippen molar-refractivity contribution in [2.24, 2.45) is 5.92 Å². The summed E-state index contributed by atoms with van der Waals surface area (Å²) in [7, 11) is 0. The van der Waals surface area contributed by atoms with E-state index in [1.165, 1.54) is 24.9 Å². The van der Waals surface area contributed by atoms with Gasteiger partial charge in [-0.25, -0.2) is 0 Å². The molecule has 2 heteroatoms. The Labute approximate surface area is 110 Å². The lowest BCUT2D eigenvalue weighted by Crippen LogP contribution is -2.55. The van der Waals surface area contributed by atoms with Gasteiger partial charge in [0.15, 0.2) is 0 Å². The minimum Gasteiger partial charge on any atom is -0.307 e. The zero-order valence-electron chi connectivity index (χ0n) is 11.5. The largest absolute Gasteiger partial charge is 0.307 e. The summed E-state index contributed by atoms with van der Waals surface area (Å²) in [6.45, 7) is 7.01. The Bertz CT molecular complexity index is 383. The molecule has 2 nitrogen and oxygen atoms in total. The molecule has 18 heavy (non-hydrogen) atoms. The molecule has 2 fully saturated rings. The first-order chi connectivity index (χ1) is 8.75. The van der Waals surface area contributed by atoms with Gasteiger partial charge in [-0.05, 0) is 24.3 Å². The van der Waals surface area contributed by atoms with Crippen molar-refractivity contribution in [2.75, 3.05) is 13.1 Å². The predicted octanol–water partition coefficient (Wildman–Crippen LogP) is 2.82. The molecule has 0 spiro atoms. The second-order valence-corrected chi connectivity index (χ2v) is 6.11. The SMILES string of the molecule is CC(C)C1CNC(c2ccccc2)CN1C1CC1. The van der Waals surface area contributed by atoms with E-state index in [2.05, 4.69) is 54.4 Å². The van der Waals surface area contributed by atoms with Crippen LogP contribution in [0.1, 0.15) is 38.3 Å². The van der Waals surface area contributed by atoms with E-state index in [9.17, 15) is 0 Å². The third-order valence-electron chi connectivity index (χ3n) is 4.38. The fraction of sp³-hybridized carbons (Fsp3) is 0.625. The second kappa shape index (κ2) is 5.02. The summed E-state index contributed by atoms with van der Waals surface area (Å²) in [4.78, 5) is 2.76. The van der Waals surface area contributed by atoms with E-state index in [0.717, 1.165) is 24.5 Å². The van der Waals surface area contributed by atoms with Crippen molar-refractivity contribution in [1.82, 2.24) is 10.2 Å². The van der Waals surface area contributed by atoms with Gasteiger partial charge in [0.25, 0.3) is 0 Å². The first-order valence-electron chi connectivity index (χ1n) is 7.30. The molecule has 2 aliphatic rings. The lowest BCUT2D eigenvalue weighted by molar-refractivity contribution is 0.0905. The highest BCUT2D eigenvalue weighted by Gasteiger charge is 2.39. The molecule has 3 rings (SSSR count). The topological polar surface area (TPSA) is 15.3 Å². The van der Waals surface area contributed by atoms with Crippen LogP contribution in [-0.4, -0.2) is 30.1 Å². The van der Waals surface area contributed by atoms with E-state index in [-0.39, 0.29) is 0 Å². The maximum Gasteiger partial charge on any atom is 0.0450 e. The van der Waals surface area contributed by atoms with E-state index >= 15 is 0 Å². The maximum atomic E-state index is 3.74. The van der Waals surface area contributed by atoms with Crippen LogP contribution in [0.15, 0.2) is 30.3 Å². The molecule has 0 amide bonds. The van der Waals surface area contributed by atoms with Crippen LogP contribution in [0.3, 0.4) is 0 Å². The van der Waals surface area contributed by atoms with Crippen molar-refractivity contribution in [3.8, 4) is 0 Å². The van der Waals surface area contributed by atoms with Crippen LogP contribution in [0.4, 0.5) is 0 Å². The summed E-state index contributed by atoms with van der Waals surface area (Å²) < 4.78 is 0. The molecule has 1 aromatic carbocycles. The molecule has 0 bridgehead atoms. The van der Waals surface area contributed by atoms with Gasteiger partial charge >= 0.3 is 0 Å². The quantitative estimate of drug-likeness (QED) is 0.879. The Hall–Kier alpha value is -0.860. The lowest BCUT2D eigenvalue weighted by atomic mass is 9.95. The van der Waals surface area contributed by atoms with E-state index < -0.39 is 0 Å². The van der Waals surface area contributed by atoms with Crippen LogP contribution in [-0.2, 0) is 0 Å². The van der Waals surface area contributed by atoms with Gasteiger partial charge in [-0.1, -0.05) is 44.2 Å².